The molecule has 0 fully saturated rings. The van der Waals surface area contributed by atoms with E-state index in [4.69, 9.17) is 10.5 Å². The van der Waals surface area contributed by atoms with Gasteiger partial charge in [0.25, 0.3) is 0 Å². The molecule has 4 nitrogen and oxygen atoms in total. The zero-order valence-corrected chi connectivity index (χ0v) is 11.4. The third-order valence-electron chi connectivity index (χ3n) is 2.54. The summed E-state index contributed by atoms with van der Waals surface area (Å²) < 4.78 is 6.26. The first kappa shape index (κ1) is 12.4. The molecule has 92 valence electrons. The van der Waals surface area contributed by atoms with Gasteiger partial charge in [-0.15, -0.1) is 0 Å². The van der Waals surface area contributed by atoms with Crippen molar-refractivity contribution in [3.05, 3.63) is 22.4 Å². The summed E-state index contributed by atoms with van der Waals surface area (Å²) in [6, 6.07) is 3.86. The van der Waals surface area contributed by atoms with Crippen molar-refractivity contribution in [2.45, 2.75) is 19.8 Å². The molecule has 0 amide bonds. The van der Waals surface area contributed by atoms with Crippen molar-refractivity contribution >= 4 is 32.7 Å². The van der Waals surface area contributed by atoms with E-state index in [0.29, 0.717) is 5.69 Å². The number of benzene rings is 1. The smallest absolute Gasteiger partial charge is 0.112 e. The predicted octanol–water partition coefficient (Wildman–Crippen LogP) is 2.88. The number of nitrogen functional groups attached to an aromatic ring is 1. The van der Waals surface area contributed by atoms with E-state index in [9.17, 15) is 0 Å². The van der Waals surface area contributed by atoms with E-state index in [1.807, 2.05) is 19.1 Å². The Morgan fingerprint density at radius 3 is 3.06 bits per heavy atom. The number of nitrogens with two attached hydrogens (primary N) is 1. The molecule has 0 bridgehead atoms. The van der Waals surface area contributed by atoms with Crippen molar-refractivity contribution in [2.24, 2.45) is 0 Å². The zero-order valence-electron chi connectivity index (χ0n) is 9.79. The second-order valence-electron chi connectivity index (χ2n) is 3.88. The maximum Gasteiger partial charge on any atom is 0.112 e. The highest BCUT2D eigenvalue weighted by molar-refractivity contribution is 9.10. The number of aryl methyl sites for hydroxylation is 1. The molecule has 17 heavy (non-hydrogen) atoms. The van der Waals surface area contributed by atoms with E-state index in [2.05, 4.69) is 25.9 Å². The Kier molecular flexibility index (Phi) is 4.02. The summed E-state index contributed by atoms with van der Waals surface area (Å²) in [5.74, 6) is 0.963. The molecule has 0 spiro atoms. The van der Waals surface area contributed by atoms with Crippen molar-refractivity contribution in [3.8, 4) is 0 Å². The highest BCUT2D eigenvalue weighted by Gasteiger charge is 2.06. The number of aromatic amines is 1. The number of rotatable bonds is 5. The van der Waals surface area contributed by atoms with Gasteiger partial charge in [-0.25, -0.2) is 4.98 Å². The van der Waals surface area contributed by atoms with Gasteiger partial charge in [0.15, 0.2) is 0 Å². The number of ether oxygens (including phenoxy) is 1. The first-order chi connectivity index (χ1) is 8.20. The fourth-order valence-corrected chi connectivity index (χ4v) is 2.24. The SMILES string of the molecule is CCOCCCc1nc2c(N)cc(Br)cc2[nH]1. The lowest BCUT2D eigenvalue weighted by molar-refractivity contribution is 0.145. The minimum absolute atomic E-state index is 0.696. The van der Waals surface area contributed by atoms with Crippen LogP contribution in [0.5, 0.6) is 0 Å². The first-order valence-electron chi connectivity index (χ1n) is 5.72. The van der Waals surface area contributed by atoms with Crippen LogP contribution in [0.2, 0.25) is 0 Å². The fourth-order valence-electron chi connectivity index (χ4n) is 1.76. The molecule has 0 atom stereocenters. The molecule has 0 saturated carbocycles. The number of fused-ring (bicyclic) bond motifs is 1. The largest absolute Gasteiger partial charge is 0.397 e. The zero-order chi connectivity index (χ0) is 12.3. The van der Waals surface area contributed by atoms with Crippen molar-refractivity contribution in [1.29, 1.82) is 0 Å². The minimum Gasteiger partial charge on any atom is -0.397 e. The predicted molar refractivity (Wildman–Crippen MR) is 73.0 cm³/mol. The lowest BCUT2D eigenvalue weighted by atomic mass is 10.3. The van der Waals surface area contributed by atoms with Crippen LogP contribution in [0.4, 0.5) is 5.69 Å². The van der Waals surface area contributed by atoms with Crippen molar-refractivity contribution in [1.82, 2.24) is 9.97 Å². The Bertz CT molecular complexity index is 510. The van der Waals surface area contributed by atoms with Gasteiger partial charge in [-0.1, -0.05) is 15.9 Å². The maximum atomic E-state index is 5.91. The highest BCUT2D eigenvalue weighted by Crippen LogP contribution is 2.24. The highest BCUT2D eigenvalue weighted by atomic mass is 79.9. The Morgan fingerprint density at radius 2 is 2.29 bits per heavy atom. The molecule has 0 aliphatic carbocycles. The number of nitrogens with one attached hydrogen (secondary N) is 1. The standard InChI is InChI=1S/C12H16BrN3O/c1-2-17-5-3-4-11-15-10-7-8(13)6-9(14)12(10)16-11/h6-7H,2-5,14H2,1H3,(H,15,16). The molecule has 5 heteroatoms. The number of hydrogen-bond acceptors (Lipinski definition) is 3. The lowest BCUT2D eigenvalue weighted by Crippen LogP contribution is -1.97. The molecule has 0 aliphatic heterocycles. The summed E-state index contributed by atoms with van der Waals surface area (Å²) in [6.07, 6.45) is 1.85. The molecule has 1 aromatic heterocycles. The fraction of sp³-hybridized carbons (Fsp3) is 0.417. The molecular formula is C12H16BrN3O. The summed E-state index contributed by atoms with van der Waals surface area (Å²) >= 11 is 3.42. The van der Waals surface area contributed by atoms with Gasteiger partial charge in [0.1, 0.15) is 11.3 Å². The normalized spacial score (nSPS) is 11.2. The molecule has 0 radical (unpaired) electrons. The van der Waals surface area contributed by atoms with Crippen LogP contribution < -0.4 is 5.73 Å². The third-order valence-corrected chi connectivity index (χ3v) is 2.99. The van der Waals surface area contributed by atoms with Crippen molar-refractivity contribution < 1.29 is 4.74 Å². The number of imidazole rings is 1. The minimum atomic E-state index is 0.696. The molecule has 0 unspecified atom stereocenters. The van der Waals surface area contributed by atoms with Crippen LogP contribution in [0.1, 0.15) is 19.2 Å². The summed E-state index contributed by atoms with van der Waals surface area (Å²) in [5.41, 5.74) is 8.43. The van der Waals surface area contributed by atoms with Crippen molar-refractivity contribution in [3.63, 3.8) is 0 Å². The lowest BCUT2D eigenvalue weighted by Gasteiger charge is -1.98. The Labute approximate surface area is 109 Å². The topological polar surface area (TPSA) is 63.9 Å². The second kappa shape index (κ2) is 5.51. The third kappa shape index (κ3) is 2.98. The van der Waals surface area contributed by atoms with E-state index in [0.717, 1.165) is 47.4 Å². The molecule has 1 aromatic carbocycles. The van der Waals surface area contributed by atoms with Gasteiger partial charge in [0.05, 0.1) is 11.2 Å². The number of H-pyrrole nitrogens is 1. The molecule has 3 N–H and O–H groups in total. The number of hydrogen-bond donors (Lipinski definition) is 2. The Hall–Kier alpha value is -1.07. The van der Waals surface area contributed by atoms with Crippen LogP contribution in [-0.4, -0.2) is 23.2 Å². The van der Waals surface area contributed by atoms with Gasteiger partial charge < -0.3 is 15.5 Å². The Morgan fingerprint density at radius 1 is 1.47 bits per heavy atom. The van der Waals surface area contributed by atoms with Gasteiger partial charge in [0.2, 0.25) is 0 Å². The van der Waals surface area contributed by atoms with E-state index >= 15 is 0 Å². The summed E-state index contributed by atoms with van der Waals surface area (Å²) in [4.78, 5) is 7.77. The summed E-state index contributed by atoms with van der Waals surface area (Å²) in [5, 5.41) is 0. The summed E-state index contributed by atoms with van der Waals surface area (Å²) in [6.45, 7) is 3.53. The summed E-state index contributed by atoms with van der Waals surface area (Å²) in [7, 11) is 0. The average molecular weight is 298 g/mol. The molecule has 0 aliphatic rings. The van der Waals surface area contributed by atoms with E-state index < -0.39 is 0 Å². The molecule has 2 rings (SSSR count). The van der Waals surface area contributed by atoms with Gasteiger partial charge >= 0.3 is 0 Å². The van der Waals surface area contributed by atoms with Crippen LogP contribution in [0.25, 0.3) is 11.0 Å². The van der Waals surface area contributed by atoms with Gasteiger partial charge in [-0.3, -0.25) is 0 Å². The van der Waals surface area contributed by atoms with Crippen molar-refractivity contribution in [2.75, 3.05) is 18.9 Å². The number of nitrogens with zero attached hydrogens (tertiary/aromatic N) is 1. The van der Waals surface area contributed by atoms with Crippen LogP contribution in [0.15, 0.2) is 16.6 Å². The second-order valence-corrected chi connectivity index (χ2v) is 4.79. The van der Waals surface area contributed by atoms with E-state index in [1.54, 1.807) is 0 Å². The number of halogens is 1. The van der Waals surface area contributed by atoms with Crippen LogP contribution in [0.3, 0.4) is 0 Å². The van der Waals surface area contributed by atoms with E-state index in [-0.39, 0.29) is 0 Å². The van der Waals surface area contributed by atoms with Gasteiger partial charge in [-0.2, -0.15) is 0 Å². The van der Waals surface area contributed by atoms with Crippen LogP contribution in [-0.2, 0) is 11.2 Å². The first-order valence-corrected chi connectivity index (χ1v) is 6.51. The van der Waals surface area contributed by atoms with Crippen LogP contribution >= 0.6 is 15.9 Å². The monoisotopic (exact) mass is 297 g/mol. The van der Waals surface area contributed by atoms with Gasteiger partial charge in [0, 0.05) is 24.1 Å². The Balaban J connectivity index is 2.12. The van der Waals surface area contributed by atoms with Gasteiger partial charge in [-0.05, 0) is 25.5 Å². The van der Waals surface area contributed by atoms with E-state index in [1.165, 1.54) is 0 Å². The van der Waals surface area contributed by atoms with Crippen LogP contribution in [0, 0.1) is 0 Å². The maximum absolute atomic E-state index is 5.91. The molecule has 1 heterocycles. The average Bonchev–Trinajstić information content (AvgIpc) is 2.67. The molecule has 0 saturated heterocycles. The quantitative estimate of drug-likeness (QED) is 0.659. The molecular weight excluding hydrogens is 282 g/mol. The molecule has 2 aromatic rings. The number of anilines is 1. The number of aromatic nitrogens is 2.